The van der Waals surface area contributed by atoms with Gasteiger partial charge in [-0.15, -0.1) is 0 Å². The molecule has 7 nitrogen and oxygen atoms in total. The SMILES string of the molecule is COc1cccc(C2CNC(=O)c3nc(-c4cnn(C)c4C)[nH]c3C2)c1. The first-order chi connectivity index (χ1) is 12.6. The first kappa shape index (κ1) is 16.4. The summed E-state index contributed by atoms with van der Waals surface area (Å²) < 4.78 is 7.12. The lowest BCUT2D eigenvalue weighted by atomic mass is 9.94. The van der Waals surface area contributed by atoms with Gasteiger partial charge in [0.2, 0.25) is 0 Å². The number of nitrogens with one attached hydrogen (secondary N) is 2. The second-order valence-corrected chi connectivity index (χ2v) is 6.57. The average Bonchev–Trinajstić information content (AvgIpc) is 3.17. The highest BCUT2D eigenvalue weighted by atomic mass is 16.5. The van der Waals surface area contributed by atoms with Gasteiger partial charge in [0, 0.05) is 30.9 Å². The van der Waals surface area contributed by atoms with Gasteiger partial charge in [-0.25, -0.2) is 4.98 Å². The molecular weight excluding hydrogens is 330 g/mol. The van der Waals surface area contributed by atoms with E-state index in [9.17, 15) is 4.79 Å². The predicted molar refractivity (Wildman–Crippen MR) is 97.3 cm³/mol. The standard InChI is InChI=1S/C19H21N5O2/c1-11-15(10-21-24(11)2)18-22-16-8-13(9-20-19(25)17(16)23-18)12-5-4-6-14(7-12)26-3/h4-7,10,13H,8-9H2,1-3H3,(H,20,25)(H,22,23). The molecule has 7 heteroatoms. The first-order valence-corrected chi connectivity index (χ1v) is 8.57. The van der Waals surface area contributed by atoms with E-state index >= 15 is 0 Å². The Morgan fingerprint density at radius 3 is 2.92 bits per heavy atom. The number of carbonyl (C=O) groups excluding carboxylic acids is 1. The van der Waals surface area contributed by atoms with E-state index in [1.807, 2.05) is 32.2 Å². The molecule has 1 aliphatic heterocycles. The summed E-state index contributed by atoms with van der Waals surface area (Å²) in [6, 6.07) is 7.97. The van der Waals surface area contributed by atoms with Gasteiger partial charge in [0.25, 0.3) is 5.91 Å². The Balaban J connectivity index is 1.70. The minimum Gasteiger partial charge on any atom is -0.497 e. The molecule has 1 aliphatic rings. The second-order valence-electron chi connectivity index (χ2n) is 6.57. The van der Waals surface area contributed by atoms with Crippen molar-refractivity contribution in [3.05, 3.63) is 53.1 Å². The number of aromatic nitrogens is 4. The summed E-state index contributed by atoms with van der Waals surface area (Å²) >= 11 is 0. The third-order valence-corrected chi connectivity index (χ3v) is 5.01. The van der Waals surface area contributed by atoms with Crippen LogP contribution in [0.2, 0.25) is 0 Å². The molecule has 0 saturated heterocycles. The Morgan fingerprint density at radius 1 is 1.35 bits per heavy atom. The lowest BCUT2D eigenvalue weighted by Gasteiger charge is -2.15. The molecule has 0 radical (unpaired) electrons. The molecule has 4 rings (SSSR count). The zero-order valence-electron chi connectivity index (χ0n) is 15.0. The first-order valence-electron chi connectivity index (χ1n) is 8.57. The summed E-state index contributed by atoms with van der Waals surface area (Å²) in [5.74, 6) is 1.50. The van der Waals surface area contributed by atoms with Crippen LogP contribution in [0.1, 0.15) is 33.4 Å². The van der Waals surface area contributed by atoms with Crippen molar-refractivity contribution >= 4 is 5.91 Å². The van der Waals surface area contributed by atoms with Crippen LogP contribution in [0.3, 0.4) is 0 Å². The lowest BCUT2D eigenvalue weighted by Crippen LogP contribution is -2.26. The van der Waals surface area contributed by atoms with E-state index in [4.69, 9.17) is 4.74 Å². The number of imidazole rings is 1. The summed E-state index contributed by atoms with van der Waals surface area (Å²) in [5, 5.41) is 7.25. The van der Waals surface area contributed by atoms with Gasteiger partial charge in [0.05, 0.1) is 18.9 Å². The van der Waals surface area contributed by atoms with E-state index in [2.05, 4.69) is 26.4 Å². The van der Waals surface area contributed by atoms with Gasteiger partial charge in [-0.05, 0) is 31.0 Å². The van der Waals surface area contributed by atoms with E-state index < -0.39 is 0 Å². The normalized spacial score (nSPS) is 16.7. The molecule has 134 valence electrons. The number of amides is 1. The molecule has 3 aromatic rings. The van der Waals surface area contributed by atoms with Crippen LogP contribution in [0.15, 0.2) is 30.5 Å². The maximum absolute atomic E-state index is 12.5. The van der Waals surface area contributed by atoms with Crippen LogP contribution in [0.25, 0.3) is 11.4 Å². The molecule has 2 aromatic heterocycles. The molecule has 0 spiro atoms. The van der Waals surface area contributed by atoms with Gasteiger partial charge >= 0.3 is 0 Å². The molecule has 1 amide bonds. The quantitative estimate of drug-likeness (QED) is 0.758. The Hall–Kier alpha value is -3.09. The van der Waals surface area contributed by atoms with Crippen molar-refractivity contribution in [2.75, 3.05) is 13.7 Å². The summed E-state index contributed by atoms with van der Waals surface area (Å²) in [6.07, 6.45) is 2.47. The third-order valence-electron chi connectivity index (χ3n) is 5.01. The summed E-state index contributed by atoms with van der Waals surface area (Å²) in [7, 11) is 3.54. The largest absolute Gasteiger partial charge is 0.497 e. The fourth-order valence-electron chi connectivity index (χ4n) is 3.35. The van der Waals surface area contributed by atoms with Crippen LogP contribution in [0.5, 0.6) is 5.75 Å². The topological polar surface area (TPSA) is 84.8 Å². The second kappa shape index (κ2) is 6.33. The van der Waals surface area contributed by atoms with Crippen LogP contribution in [-0.4, -0.2) is 39.3 Å². The number of carbonyl (C=O) groups is 1. The Morgan fingerprint density at radius 2 is 2.19 bits per heavy atom. The molecule has 26 heavy (non-hydrogen) atoms. The van der Waals surface area contributed by atoms with Crippen molar-refractivity contribution in [3.63, 3.8) is 0 Å². The molecule has 0 saturated carbocycles. The van der Waals surface area contributed by atoms with Gasteiger partial charge in [0.1, 0.15) is 17.3 Å². The zero-order chi connectivity index (χ0) is 18.3. The number of rotatable bonds is 3. The minimum absolute atomic E-state index is 0.144. The lowest BCUT2D eigenvalue weighted by molar-refractivity contribution is 0.0950. The van der Waals surface area contributed by atoms with Gasteiger partial charge in [-0.3, -0.25) is 9.48 Å². The highest BCUT2D eigenvalue weighted by Gasteiger charge is 2.27. The molecule has 0 fully saturated rings. The average molecular weight is 351 g/mol. The van der Waals surface area contributed by atoms with Crippen LogP contribution in [-0.2, 0) is 13.5 Å². The number of ether oxygens (including phenoxy) is 1. The van der Waals surface area contributed by atoms with Crippen molar-refractivity contribution in [3.8, 4) is 17.1 Å². The molecule has 2 N–H and O–H groups in total. The molecule has 1 unspecified atom stereocenters. The fourth-order valence-corrected chi connectivity index (χ4v) is 3.35. The van der Waals surface area contributed by atoms with E-state index in [-0.39, 0.29) is 11.8 Å². The predicted octanol–water partition coefficient (Wildman–Crippen LogP) is 2.20. The number of hydrogen-bond acceptors (Lipinski definition) is 4. The van der Waals surface area contributed by atoms with Gasteiger partial charge < -0.3 is 15.0 Å². The maximum atomic E-state index is 12.5. The molecular formula is C19H21N5O2. The highest BCUT2D eigenvalue weighted by molar-refractivity contribution is 5.94. The van der Waals surface area contributed by atoms with Crippen molar-refractivity contribution < 1.29 is 9.53 Å². The van der Waals surface area contributed by atoms with E-state index in [1.165, 1.54) is 0 Å². The smallest absolute Gasteiger partial charge is 0.271 e. The molecule has 3 heterocycles. The van der Waals surface area contributed by atoms with Crippen LogP contribution in [0, 0.1) is 6.92 Å². The highest BCUT2D eigenvalue weighted by Crippen LogP contribution is 2.29. The van der Waals surface area contributed by atoms with Crippen LogP contribution < -0.4 is 10.1 Å². The van der Waals surface area contributed by atoms with Crippen molar-refractivity contribution in [1.29, 1.82) is 0 Å². The monoisotopic (exact) mass is 351 g/mol. The number of aryl methyl sites for hydroxylation is 1. The van der Waals surface area contributed by atoms with Crippen molar-refractivity contribution in [1.82, 2.24) is 25.1 Å². The Labute approximate surface area is 151 Å². The Bertz CT molecular complexity index is 972. The number of fused-ring (bicyclic) bond motifs is 1. The summed E-state index contributed by atoms with van der Waals surface area (Å²) in [4.78, 5) is 20.4. The number of benzene rings is 1. The molecule has 1 atom stereocenters. The van der Waals surface area contributed by atoms with E-state index in [1.54, 1.807) is 18.0 Å². The van der Waals surface area contributed by atoms with Gasteiger partial charge in [-0.1, -0.05) is 12.1 Å². The number of nitrogens with zero attached hydrogens (tertiary/aromatic N) is 3. The summed E-state index contributed by atoms with van der Waals surface area (Å²) in [6.45, 7) is 2.55. The number of aromatic amines is 1. The van der Waals surface area contributed by atoms with Crippen molar-refractivity contribution in [2.45, 2.75) is 19.3 Å². The number of methoxy groups -OCH3 is 1. The van der Waals surface area contributed by atoms with Gasteiger partial charge in [-0.2, -0.15) is 5.10 Å². The van der Waals surface area contributed by atoms with Crippen LogP contribution in [0.4, 0.5) is 0 Å². The Kier molecular flexibility index (Phi) is 3.99. The van der Waals surface area contributed by atoms with E-state index in [0.29, 0.717) is 24.5 Å². The van der Waals surface area contributed by atoms with Gasteiger partial charge in [0.15, 0.2) is 0 Å². The minimum atomic E-state index is -0.144. The van der Waals surface area contributed by atoms with Crippen molar-refractivity contribution in [2.24, 2.45) is 7.05 Å². The molecule has 0 aliphatic carbocycles. The van der Waals surface area contributed by atoms with E-state index in [0.717, 1.165) is 28.3 Å². The fraction of sp³-hybridized carbons (Fsp3) is 0.316. The summed E-state index contributed by atoms with van der Waals surface area (Å²) in [5.41, 5.74) is 4.36. The van der Waals surface area contributed by atoms with Crippen LogP contribution >= 0.6 is 0 Å². The molecule has 0 bridgehead atoms. The third kappa shape index (κ3) is 2.75. The number of H-pyrrole nitrogens is 1. The molecule has 1 aromatic carbocycles. The zero-order valence-corrected chi connectivity index (χ0v) is 15.0. The number of hydrogen-bond donors (Lipinski definition) is 2. The maximum Gasteiger partial charge on any atom is 0.271 e.